The van der Waals surface area contributed by atoms with Crippen LogP contribution in [0.5, 0.6) is 5.75 Å². The largest absolute Gasteiger partial charge is 0.467 e. The Hall–Kier alpha value is -3.27. The second-order valence-corrected chi connectivity index (χ2v) is 7.04. The quantitative estimate of drug-likeness (QED) is 0.238. The summed E-state index contributed by atoms with van der Waals surface area (Å²) in [6, 6.07) is 2.61. The van der Waals surface area contributed by atoms with E-state index in [1.807, 2.05) is 12.2 Å². The normalized spacial score (nSPS) is 22.7. The molecule has 29 heavy (non-hydrogen) atoms. The minimum Gasteiger partial charge on any atom is -0.467 e. The first-order chi connectivity index (χ1) is 14.0. The Morgan fingerprint density at radius 3 is 2.55 bits per heavy atom. The highest BCUT2D eigenvalue weighted by atomic mass is 16.7. The topological polar surface area (TPSA) is 125 Å². The molecule has 10 heteroatoms. The first-order valence-electron chi connectivity index (χ1n) is 9.12. The van der Waals surface area contributed by atoms with Gasteiger partial charge in [-0.1, -0.05) is 12.2 Å². The summed E-state index contributed by atoms with van der Waals surface area (Å²) in [4.78, 5) is 48.6. The number of esters is 1. The summed E-state index contributed by atoms with van der Waals surface area (Å²) in [5.74, 6) is -1.97. The van der Waals surface area contributed by atoms with Gasteiger partial charge < -0.3 is 14.2 Å². The molecular weight excluding hydrogens is 384 g/mol. The van der Waals surface area contributed by atoms with Crippen LogP contribution >= 0.6 is 0 Å². The molecule has 1 fully saturated rings. The molecule has 10 nitrogen and oxygen atoms in total. The SMILES string of the molecule is O=C(CN1C(=O)[C@@H]2CC=CC[C@H]2C1=O)OCc1cc([N+](=O)[O-])cc2c1OCOC2. The summed E-state index contributed by atoms with van der Waals surface area (Å²) in [5, 5.41) is 11.1. The van der Waals surface area contributed by atoms with Crippen molar-refractivity contribution in [3.8, 4) is 5.75 Å². The summed E-state index contributed by atoms with van der Waals surface area (Å²) < 4.78 is 15.7. The highest BCUT2D eigenvalue weighted by Gasteiger charge is 2.47. The Bertz CT molecular complexity index is 899. The van der Waals surface area contributed by atoms with Crippen LogP contribution in [0.4, 0.5) is 5.69 Å². The van der Waals surface area contributed by atoms with E-state index in [0.717, 1.165) is 4.90 Å². The van der Waals surface area contributed by atoms with Gasteiger partial charge >= 0.3 is 5.97 Å². The maximum absolute atomic E-state index is 12.4. The van der Waals surface area contributed by atoms with E-state index in [2.05, 4.69) is 0 Å². The second kappa shape index (κ2) is 7.63. The molecule has 0 spiro atoms. The van der Waals surface area contributed by atoms with Crippen molar-refractivity contribution in [3.63, 3.8) is 0 Å². The van der Waals surface area contributed by atoms with E-state index in [4.69, 9.17) is 14.2 Å². The van der Waals surface area contributed by atoms with Crippen LogP contribution in [0.15, 0.2) is 24.3 Å². The number of hydrogen-bond donors (Lipinski definition) is 0. The van der Waals surface area contributed by atoms with Crippen molar-refractivity contribution in [3.05, 3.63) is 45.5 Å². The Labute approximate surface area is 165 Å². The number of benzene rings is 1. The molecule has 0 radical (unpaired) electrons. The predicted octanol–water partition coefficient (Wildman–Crippen LogP) is 1.46. The number of carbonyl (C=O) groups excluding carboxylic acids is 3. The molecule has 152 valence electrons. The molecule has 2 heterocycles. The number of nitro benzene ring substituents is 1. The van der Waals surface area contributed by atoms with Crippen molar-refractivity contribution in [1.82, 2.24) is 4.90 Å². The van der Waals surface area contributed by atoms with Gasteiger partial charge in [-0.25, -0.2) is 0 Å². The number of carbonyl (C=O) groups is 3. The van der Waals surface area contributed by atoms with E-state index in [1.54, 1.807) is 0 Å². The van der Waals surface area contributed by atoms with Gasteiger partial charge in [-0.3, -0.25) is 29.4 Å². The lowest BCUT2D eigenvalue weighted by molar-refractivity contribution is -0.385. The van der Waals surface area contributed by atoms with Crippen molar-refractivity contribution in [2.45, 2.75) is 26.1 Å². The average Bonchev–Trinajstić information content (AvgIpc) is 2.97. The highest BCUT2D eigenvalue weighted by molar-refractivity contribution is 6.07. The van der Waals surface area contributed by atoms with Gasteiger partial charge in [-0.2, -0.15) is 0 Å². The third kappa shape index (κ3) is 3.58. The number of hydrogen-bond acceptors (Lipinski definition) is 8. The molecule has 1 saturated heterocycles. The van der Waals surface area contributed by atoms with E-state index in [0.29, 0.717) is 29.7 Å². The molecule has 2 atom stereocenters. The molecule has 0 saturated carbocycles. The molecular formula is C19H18N2O8. The smallest absolute Gasteiger partial charge is 0.326 e. The molecule has 1 aromatic carbocycles. The lowest BCUT2D eigenvalue weighted by atomic mass is 9.85. The third-order valence-electron chi connectivity index (χ3n) is 5.26. The van der Waals surface area contributed by atoms with Crippen LogP contribution in [0.25, 0.3) is 0 Å². The van der Waals surface area contributed by atoms with Crippen LogP contribution in [0.3, 0.4) is 0 Å². The standard InChI is InChI=1S/C19H18N2O8/c22-16(7-20-18(23)14-3-1-2-4-15(14)19(20)24)28-9-12-6-13(21(25)26)5-11-8-27-10-29-17(11)12/h1-2,5-6,14-15H,3-4,7-10H2/t14-,15-/m1/s1. The van der Waals surface area contributed by atoms with Gasteiger partial charge in [0.25, 0.3) is 5.69 Å². The summed E-state index contributed by atoms with van der Waals surface area (Å²) in [6.07, 6.45) is 4.70. The number of non-ortho nitro benzene ring substituents is 1. The Kier molecular flexibility index (Phi) is 5.01. The predicted molar refractivity (Wildman–Crippen MR) is 95.3 cm³/mol. The summed E-state index contributed by atoms with van der Waals surface area (Å²) in [6.45, 7) is -0.635. The van der Waals surface area contributed by atoms with Gasteiger partial charge in [0, 0.05) is 23.3 Å². The number of nitro groups is 1. The summed E-state index contributed by atoms with van der Waals surface area (Å²) in [7, 11) is 0. The third-order valence-corrected chi connectivity index (χ3v) is 5.26. The van der Waals surface area contributed by atoms with Crippen molar-refractivity contribution in [2.24, 2.45) is 11.8 Å². The molecule has 2 aliphatic heterocycles. The van der Waals surface area contributed by atoms with Crippen LogP contribution in [-0.2, 0) is 37.1 Å². The van der Waals surface area contributed by atoms with Crippen LogP contribution < -0.4 is 4.74 Å². The van der Waals surface area contributed by atoms with E-state index in [1.165, 1.54) is 12.1 Å². The van der Waals surface area contributed by atoms with E-state index >= 15 is 0 Å². The van der Waals surface area contributed by atoms with Gasteiger partial charge in [0.05, 0.1) is 23.4 Å². The van der Waals surface area contributed by atoms with Crippen molar-refractivity contribution in [1.29, 1.82) is 0 Å². The van der Waals surface area contributed by atoms with Crippen molar-refractivity contribution in [2.75, 3.05) is 13.3 Å². The monoisotopic (exact) mass is 402 g/mol. The Balaban J connectivity index is 1.44. The Morgan fingerprint density at radius 2 is 1.90 bits per heavy atom. The molecule has 0 bridgehead atoms. The lowest BCUT2D eigenvalue weighted by Crippen LogP contribution is -2.36. The molecule has 3 aliphatic rings. The fourth-order valence-corrected chi connectivity index (χ4v) is 3.85. The highest BCUT2D eigenvalue weighted by Crippen LogP contribution is 2.35. The molecule has 1 aromatic rings. The molecule has 1 aliphatic carbocycles. The summed E-state index contributed by atoms with van der Waals surface area (Å²) >= 11 is 0. The van der Waals surface area contributed by atoms with Gasteiger partial charge in [-0.05, 0) is 12.8 Å². The number of likely N-dealkylation sites (tertiary alicyclic amines) is 1. The fourth-order valence-electron chi connectivity index (χ4n) is 3.85. The zero-order valence-electron chi connectivity index (χ0n) is 15.4. The number of imide groups is 1. The first kappa shape index (κ1) is 19.1. The van der Waals surface area contributed by atoms with E-state index in [-0.39, 0.29) is 37.5 Å². The van der Waals surface area contributed by atoms with Gasteiger partial charge in [0.1, 0.15) is 18.9 Å². The minimum absolute atomic E-state index is 0.0145. The summed E-state index contributed by atoms with van der Waals surface area (Å²) in [5.41, 5.74) is 0.631. The van der Waals surface area contributed by atoms with E-state index in [9.17, 15) is 24.5 Å². The average molecular weight is 402 g/mol. The minimum atomic E-state index is -0.773. The van der Waals surface area contributed by atoms with Crippen LogP contribution in [0.2, 0.25) is 0 Å². The number of ether oxygens (including phenoxy) is 3. The number of fused-ring (bicyclic) bond motifs is 2. The van der Waals surface area contributed by atoms with Crippen LogP contribution in [0, 0.1) is 22.0 Å². The maximum atomic E-state index is 12.4. The molecule has 0 aromatic heterocycles. The Morgan fingerprint density at radius 1 is 1.21 bits per heavy atom. The molecule has 0 N–H and O–H groups in total. The number of allylic oxidation sites excluding steroid dienone is 2. The van der Waals surface area contributed by atoms with Crippen LogP contribution in [0.1, 0.15) is 24.0 Å². The van der Waals surface area contributed by atoms with Crippen molar-refractivity contribution < 1.29 is 33.5 Å². The number of amides is 2. The lowest BCUT2D eigenvalue weighted by Gasteiger charge is -2.20. The number of rotatable bonds is 5. The van der Waals surface area contributed by atoms with E-state index < -0.39 is 29.3 Å². The van der Waals surface area contributed by atoms with Gasteiger partial charge in [-0.15, -0.1) is 0 Å². The van der Waals surface area contributed by atoms with Gasteiger partial charge in [0.2, 0.25) is 11.8 Å². The van der Waals surface area contributed by atoms with Gasteiger partial charge in [0.15, 0.2) is 6.79 Å². The van der Waals surface area contributed by atoms with Crippen molar-refractivity contribution >= 4 is 23.5 Å². The first-order valence-corrected chi connectivity index (χ1v) is 9.12. The zero-order chi connectivity index (χ0) is 20.5. The second-order valence-electron chi connectivity index (χ2n) is 7.04. The molecule has 2 amide bonds. The molecule has 4 rings (SSSR count). The fraction of sp³-hybridized carbons (Fsp3) is 0.421. The molecule has 0 unspecified atom stereocenters. The number of nitrogens with zero attached hydrogens (tertiary/aromatic N) is 2. The van der Waals surface area contributed by atoms with Crippen LogP contribution in [-0.4, -0.2) is 40.9 Å². The zero-order valence-corrected chi connectivity index (χ0v) is 15.4. The maximum Gasteiger partial charge on any atom is 0.326 e.